The van der Waals surface area contributed by atoms with E-state index in [0.29, 0.717) is 17.0 Å². The van der Waals surface area contributed by atoms with E-state index in [1.54, 1.807) is 17.5 Å². The van der Waals surface area contributed by atoms with Gasteiger partial charge in [0, 0.05) is 10.6 Å². The molecule has 0 saturated carbocycles. The van der Waals surface area contributed by atoms with Gasteiger partial charge in [-0.05, 0) is 29.6 Å². The molecule has 0 aliphatic rings. The smallest absolute Gasteiger partial charge is 0.416 e. The summed E-state index contributed by atoms with van der Waals surface area (Å²) in [5.41, 5.74) is -3.85. The lowest BCUT2D eigenvalue weighted by molar-refractivity contribution is -0.146. The topological polar surface area (TPSA) is 55.4 Å². The van der Waals surface area contributed by atoms with Crippen molar-refractivity contribution in [3.63, 3.8) is 0 Å². The summed E-state index contributed by atoms with van der Waals surface area (Å²) in [5.74, 6) is -1.82. The Morgan fingerprint density at radius 3 is 2.07 bits per heavy atom. The number of hydrogen-bond donors (Lipinski definition) is 1. The van der Waals surface area contributed by atoms with Gasteiger partial charge < -0.3 is 10.1 Å². The molecule has 1 N–H and O–H groups in total. The zero-order valence-electron chi connectivity index (χ0n) is 13.3. The quantitative estimate of drug-likeness (QED) is 0.582. The lowest BCUT2D eigenvalue weighted by Gasteiger charge is -2.14. The minimum atomic E-state index is -5.03. The lowest BCUT2D eigenvalue weighted by Crippen LogP contribution is -2.22. The summed E-state index contributed by atoms with van der Waals surface area (Å²) in [7, 11) is 0. The summed E-state index contributed by atoms with van der Waals surface area (Å²) in [6.45, 7) is -0.845. The SMILES string of the molecule is O=C(COC(=O)Cc1cccs1)Nc1cc(C(F)(F)F)cc(C(F)(F)F)c1. The van der Waals surface area contributed by atoms with Crippen molar-refractivity contribution in [3.05, 3.63) is 51.7 Å². The number of carbonyl (C=O) groups is 2. The monoisotopic (exact) mass is 411 g/mol. The first kappa shape index (κ1) is 20.7. The molecule has 0 spiro atoms. The molecule has 11 heteroatoms. The normalized spacial score (nSPS) is 11.9. The van der Waals surface area contributed by atoms with Crippen LogP contribution in [0, 0.1) is 0 Å². The number of esters is 1. The van der Waals surface area contributed by atoms with E-state index in [4.69, 9.17) is 0 Å². The van der Waals surface area contributed by atoms with Crippen molar-refractivity contribution in [2.75, 3.05) is 11.9 Å². The molecule has 0 aliphatic heterocycles. The summed E-state index contributed by atoms with van der Waals surface area (Å²) < 4.78 is 81.2. The second-order valence-corrected chi connectivity index (χ2v) is 6.29. The number of benzene rings is 1. The van der Waals surface area contributed by atoms with Crippen LogP contribution in [0.15, 0.2) is 35.7 Å². The number of anilines is 1. The highest BCUT2D eigenvalue weighted by molar-refractivity contribution is 7.10. The van der Waals surface area contributed by atoms with Gasteiger partial charge in [0.2, 0.25) is 0 Å². The van der Waals surface area contributed by atoms with Gasteiger partial charge >= 0.3 is 18.3 Å². The Morgan fingerprint density at radius 1 is 1.00 bits per heavy atom. The molecular weight excluding hydrogens is 400 g/mol. The van der Waals surface area contributed by atoms with Gasteiger partial charge in [-0.25, -0.2) is 0 Å². The van der Waals surface area contributed by atoms with Crippen molar-refractivity contribution in [2.24, 2.45) is 0 Å². The summed E-state index contributed by atoms with van der Waals surface area (Å²) in [5, 5.41) is 3.59. The molecule has 1 amide bonds. The molecule has 1 aromatic carbocycles. The molecule has 1 heterocycles. The van der Waals surface area contributed by atoms with Gasteiger partial charge in [-0.3, -0.25) is 9.59 Å². The Balaban J connectivity index is 2.04. The number of carbonyl (C=O) groups excluding carboxylic acids is 2. The molecule has 146 valence electrons. The number of nitrogens with one attached hydrogen (secondary N) is 1. The Hall–Kier alpha value is -2.56. The van der Waals surface area contributed by atoms with Crippen LogP contribution in [-0.2, 0) is 33.1 Å². The standard InChI is InChI=1S/C16H11F6NO3S/c17-15(18,19)9-4-10(16(20,21)22)6-11(5-9)23-13(24)8-26-14(25)7-12-2-1-3-27-12/h1-6H,7-8H2,(H,23,24). The average Bonchev–Trinajstić information content (AvgIpc) is 3.04. The van der Waals surface area contributed by atoms with E-state index in [9.17, 15) is 35.9 Å². The van der Waals surface area contributed by atoms with Crippen molar-refractivity contribution in [2.45, 2.75) is 18.8 Å². The average molecular weight is 411 g/mol. The molecule has 27 heavy (non-hydrogen) atoms. The first-order chi connectivity index (χ1) is 12.4. The van der Waals surface area contributed by atoms with Gasteiger partial charge in [0.15, 0.2) is 6.61 Å². The van der Waals surface area contributed by atoms with E-state index < -0.39 is 47.7 Å². The second-order valence-electron chi connectivity index (χ2n) is 5.26. The second kappa shape index (κ2) is 7.99. The fraction of sp³-hybridized carbons (Fsp3) is 0.250. The molecule has 0 bridgehead atoms. The maximum atomic E-state index is 12.8. The summed E-state index contributed by atoms with van der Waals surface area (Å²) >= 11 is 1.28. The Bertz CT molecular complexity index is 782. The van der Waals surface area contributed by atoms with Crippen LogP contribution in [0.5, 0.6) is 0 Å². The molecule has 0 fully saturated rings. The molecule has 0 saturated heterocycles. The summed E-state index contributed by atoms with van der Waals surface area (Å²) in [6, 6.07) is 4.02. The first-order valence-electron chi connectivity index (χ1n) is 7.22. The molecule has 1 aromatic heterocycles. The van der Waals surface area contributed by atoms with Crippen LogP contribution < -0.4 is 5.32 Å². The number of alkyl halides is 6. The third-order valence-electron chi connectivity index (χ3n) is 3.13. The Morgan fingerprint density at radius 2 is 1.59 bits per heavy atom. The maximum Gasteiger partial charge on any atom is 0.416 e. The number of halogens is 6. The zero-order chi connectivity index (χ0) is 20.2. The van der Waals surface area contributed by atoms with E-state index in [1.807, 2.05) is 5.32 Å². The molecule has 0 radical (unpaired) electrons. The van der Waals surface area contributed by atoms with E-state index in [0.717, 1.165) is 0 Å². The Kier molecular flexibility index (Phi) is 6.14. The maximum absolute atomic E-state index is 12.8. The molecule has 0 aliphatic carbocycles. The van der Waals surface area contributed by atoms with Crippen LogP contribution in [0.4, 0.5) is 32.0 Å². The van der Waals surface area contributed by atoms with E-state index >= 15 is 0 Å². The molecule has 2 aromatic rings. The zero-order valence-corrected chi connectivity index (χ0v) is 14.1. The van der Waals surface area contributed by atoms with Crippen molar-refractivity contribution >= 4 is 28.9 Å². The number of amides is 1. The first-order valence-corrected chi connectivity index (χ1v) is 8.10. The van der Waals surface area contributed by atoms with Crippen molar-refractivity contribution < 1.29 is 40.7 Å². The number of thiophene rings is 1. The van der Waals surface area contributed by atoms with Crippen LogP contribution in [-0.4, -0.2) is 18.5 Å². The van der Waals surface area contributed by atoms with Crippen LogP contribution in [0.1, 0.15) is 16.0 Å². The fourth-order valence-corrected chi connectivity index (χ4v) is 2.67. The highest BCUT2D eigenvalue weighted by atomic mass is 32.1. The highest BCUT2D eigenvalue weighted by Crippen LogP contribution is 2.37. The summed E-state index contributed by atoms with van der Waals surface area (Å²) in [4.78, 5) is 23.9. The lowest BCUT2D eigenvalue weighted by atomic mass is 10.1. The minimum Gasteiger partial charge on any atom is -0.455 e. The van der Waals surface area contributed by atoms with E-state index in [1.165, 1.54) is 11.3 Å². The molecular formula is C16H11F6NO3S. The van der Waals surface area contributed by atoms with Crippen LogP contribution in [0.3, 0.4) is 0 Å². The van der Waals surface area contributed by atoms with Crippen molar-refractivity contribution in [1.29, 1.82) is 0 Å². The Labute approximate surface area is 152 Å². The predicted octanol–water partition coefficient (Wildman–Crippen LogP) is 4.51. The van der Waals surface area contributed by atoms with Gasteiger partial charge in [0.1, 0.15) is 0 Å². The van der Waals surface area contributed by atoms with E-state index in [2.05, 4.69) is 4.74 Å². The van der Waals surface area contributed by atoms with Crippen LogP contribution >= 0.6 is 11.3 Å². The van der Waals surface area contributed by atoms with Gasteiger partial charge in [-0.15, -0.1) is 11.3 Å². The minimum absolute atomic E-state index is 0.0588. The van der Waals surface area contributed by atoms with Crippen LogP contribution in [0.2, 0.25) is 0 Å². The largest absolute Gasteiger partial charge is 0.455 e. The number of ether oxygens (including phenoxy) is 1. The highest BCUT2D eigenvalue weighted by Gasteiger charge is 2.37. The summed E-state index contributed by atoms with van der Waals surface area (Å²) in [6.07, 6.45) is -10.2. The predicted molar refractivity (Wildman–Crippen MR) is 84.1 cm³/mol. The number of hydrogen-bond acceptors (Lipinski definition) is 4. The van der Waals surface area contributed by atoms with Crippen LogP contribution in [0.25, 0.3) is 0 Å². The third kappa shape index (κ3) is 6.27. The van der Waals surface area contributed by atoms with E-state index in [-0.39, 0.29) is 12.5 Å². The van der Waals surface area contributed by atoms with Gasteiger partial charge in [-0.1, -0.05) is 6.07 Å². The van der Waals surface area contributed by atoms with Gasteiger partial charge in [-0.2, -0.15) is 26.3 Å². The third-order valence-corrected chi connectivity index (χ3v) is 4.01. The van der Waals surface area contributed by atoms with Crippen molar-refractivity contribution in [1.82, 2.24) is 0 Å². The molecule has 0 unspecified atom stereocenters. The van der Waals surface area contributed by atoms with Gasteiger partial charge in [0.05, 0.1) is 17.5 Å². The van der Waals surface area contributed by atoms with Crippen molar-refractivity contribution in [3.8, 4) is 0 Å². The van der Waals surface area contributed by atoms with Gasteiger partial charge in [0.25, 0.3) is 5.91 Å². The molecule has 0 atom stereocenters. The number of rotatable bonds is 5. The molecule has 2 rings (SSSR count). The fourth-order valence-electron chi connectivity index (χ4n) is 1.98. The molecule has 4 nitrogen and oxygen atoms in total.